The van der Waals surface area contributed by atoms with Gasteiger partial charge in [-0.3, -0.25) is 0 Å². The Morgan fingerprint density at radius 1 is 1.09 bits per heavy atom. The normalized spacial score (nSPS) is 11.1. The van der Waals surface area contributed by atoms with Crippen LogP contribution in [-0.2, 0) is 16.1 Å². The molecule has 2 nitrogen and oxygen atoms in total. The fourth-order valence-electron chi connectivity index (χ4n) is 1.94. The number of benzene rings is 2. The summed E-state index contributed by atoms with van der Waals surface area (Å²) in [6, 6.07) is 13.9. The molecule has 0 radical (unpaired) electrons. The van der Waals surface area contributed by atoms with Crippen molar-refractivity contribution in [2.45, 2.75) is 26.4 Å². The Bertz CT molecular complexity index is 640. The first-order valence-corrected chi connectivity index (χ1v) is 7.24. The van der Waals surface area contributed by atoms with E-state index in [0.29, 0.717) is 5.92 Å². The molecule has 2 aromatic rings. The zero-order chi connectivity index (χ0) is 15.9. The predicted molar refractivity (Wildman–Crippen MR) is 85.8 cm³/mol. The third-order valence-corrected chi connectivity index (χ3v) is 3.31. The molecule has 0 saturated heterocycles. The van der Waals surface area contributed by atoms with Crippen molar-refractivity contribution >= 4 is 12.0 Å². The summed E-state index contributed by atoms with van der Waals surface area (Å²) < 4.78 is 17.9. The maximum Gasteiger partial charge on any atom is 0.331 e. The van der Waals surface area contributed by atoms with Crippen LogP contribution in [-0.4, -0.2) is 5.97 Å². The van der Waals surface area contributed by atoms with E-state index in [-0.39, 0.29) is 12.4 Å². The van der Waals surface area contributed by atoms with Gasteiger partial charge in [-0.25, -0.2) is 9.18 Å². The highest BCUT2D eigenvalue weighted by Gasteiger charge is 2.00. The van der Waals surface area contributed by atoms with Gasteiger partial charge in [0.05, 0.1) is 0 Å². The molecule has 22 heavy (non-hydrogen) atoms. The Kier molecular flexibility index (Phi) is 5.48. The summed E-state index contributed by atoms with van der Waals surface area (Å²) in [5, 5.41) is 0. The molecule has 0 saturated carbocycles. The monoisotopic (exact) mass is 298 g/mol. The molecule has 0 aliphatic rings. The van der Waals surface area contributed by atoms with Crippen LogP contribution in [0.2, 0.25) is 0 Å². The average Bonchev–Trinajstić information content (AvgIpc) is 2.52. The molecule has 2 rings (SSSR count). The molecule has 114 valence electrons. The second kappa shape index (κ2) is 7.55. The molecule has 0 atom stereocenters. The maximum atomic E-state index is 12.8. The van der Waals surface area contributed by atoms with Crippen LogP contribution in [0.15, 0.2) is 54.6 Å². The van der Waals surface area contributed by atoms with E-state index in [1.165, 1.54) is 23.8 Å². The van der Waals surface area contributed by atoms with Gasteiger partial charge < -0.3 is 4.74 Å². The summed E-state index contributed by atoms with van der Waals surface area (Å²) in [6.07, 6.45) is 3.12. The van der Waals surface area contributed by atoms with Crippen LogP contribution >= 0.6 is 0 Å². The zero-order valence-electron chi connectivity index (χ0n) is 12.8. The van der Waals surface area contributed by atoms with Crippen LogP contribution in [0.3, 0.4) is 0 Å². The smallest absolute Gasteiger partial charge is 0.331 e. The fourth-order valence-corrected chi connectivity index (χ4v) is 1.94. The highest BCUT2D eigenvalue weighted by molar-refractivity contribution is 5.87. The lowest BCUT2D eigenvalue weighted by Gasteiger charge is -2.04. The minimum atomic E-state index is -0.419. The van der Waals surface area contributed by atoms with Gasteiger partial charge in [0.15, 0.2) is 0 Å². The molecule has 3 heteroatoms. The van der Waals surface area contributed by atoms with E-state index in [1.54, 1.807) is 18.2 Å². The van der Waals surface area contributed by atoms with Crippen LogP contribution in [0.1, 0.15) is 36.5 Å². The molecule has 0 aliphatic carbocycles. The van der Waals surface area contributed by atoms with E-state index < -0.39 is 5.97 Å². The van der Waals surface area contributed by atoms with Crippen molar-refractivity contribution in [1.29, 1.82) is 0 Å². The molecule has 0 unspecified atom stereocenters. The Hall–Kier alpha value is -2.42. The molecule has 2 aromatic carbocycles. The fraction of sp³-hybridized carbons (Fsp3) is 0.211. The minimum absolute atomic E-state index is 0.135. The zero-order valence-corrected chi connectivity index (χ0v) is 12.8. The Morgan fingerprint density at radius 3 is 2.32 bits per heavy atom. The lowest BCUT2D eigenvalue weighted by atomic mass is 10.0. The lowest BCUT2D eigenvalue weighted by molar-refractivity contribution is -0.138. The van der Waals surface area contributed by atoms with Crippen molar-refractivity contribution < 1.29 is 13.9 Å². The molecule has 0 N–H and O–H groups in total. The second-order valence-corrected chi connectivity index (χ2v) is 5.39. The number of hydrogen-bond acceptors (Lipinski definition) is 2. The predicted octanol–water partition coefficient (Wildman–Crippen LogP) is 4.71. The summed E-state index contributed by atoms with van der Waals surface area (Å²) in [5.74, 6) is -0.240. The SMILES string of the molecule is CC(C)c1ccc(C=CC(=O)OCc2ccc(F)cc2)cc1. The van der Waals surface area contributed by atoms with Gasteiger partial charge in [-0.2, -0.15) is 0 Å². The Labute approximate surface area is 130 Å². The number of esters is 1. The quantitative estimate of drug-likeness (QED) is 0.590. The number of halogens is 1. The molecular formula is C19H19FO2. The van der Waals surface area contributed by atoms with Gasteiger partial charge in [-0.1, -0.05) is 50.2 Å². The summed E-state index contributed by atoms with van der Waals surface area (Å²) >= 11 is 0. The van der Waals surface area contributed by atoms with Gasteiger partial charge in [0.25, 0.3) is 0 Å². The van der Waals surface area contributed by atoms with Gasteiger partial charge in [-0.05, 0) is 40.8 Å². The van der Waals surface area contributed by atoms with Crippen molar-refractivity contribution in [3.8, 4) is 0 Å². The van der Waals surface area contributed by atoms with E-state index >= 15 is 0 Å². The first-order chi connectivity index (χ1) is 10.5. The molecule has 0 heterocycles. The third kappa shape index (κ3) is 4.85. The second-order valence-electron chi connectivity index (χ2n) is 5.39. The van der Waals surface area contributed by atoms with Crippen molar-refractivity contribution in [3.05, 3.63) is 77.1 Å². The number of ether oxygens (including phenoxy) is 1. The highest BCUT2D eigenvalue weighted by atomic mass is 19.1. The summed E-state index contributed by atoms with van der Waals surface area (Å²) in [6.45, 7) is 4.41. The largest absolute Gasteiger partial charge is 0.458 e. The number of rotatable bonds is 5. The van der Waals surface area contributed by atoms with Crippen LogP contribution < -0.4 is 0 Å². The molecule has 0 aliphatic heterocycles. The number of carbonyl (C=O) groups excluding carboxylic acids is 1. The molecule has 0 bridgehead atoms. The number of carbonyl (C=O) groups is 1. The van der Waals surface area contributed by atoms with Crippen molar-refractivity contribution in [1.82, 2.24) is 0 Å². The summed E-state index contributed by atoms with van der Waals surface area (Å²) in [7, 11) is 0. The van der Waals surface area contributed by atoms with Crippen molar-refractivity contribution in [2.75, 3.05) is 0 Å². The first kappa shape index (κ1) is 16.0. The molecule has 0 fully saturated rings. The van der Waals surface area contributed by atoms with Gasteiger partial charge in [-0.15, -0.1) is 0 Å². The topological polar surface area (TPSA) is 26.3 Å². The summed E-state index contributed by atoms with van der Waals surface area (Å²) in [5.41, 5.74) is 2.96. The molecule has 0 spiro atoms. The lowest BCUT2D eigenvalue weighted by Crippen LogP contribution is -2.00. The van der Waals surface area contributed by atoms with Crippen LogP contribution in [0.5, 0.6) is 0 Å². The summed E-state index contributed by atoms with van der Waals surface area (Å²) in [4.78, 5) is 11.6. The standard InChI is InChI=1S/C19H19FO2/c1-14(2)17-8-3-15(4-9-17)7-12-19(21)22-13-16-5-10-18(20)11-6-16/h3-12,14H,13H2,1-2H3. The minimum Gasteiger partial charge on any atom is -0.458 e. The van der Waals surface area contributed by atoms with Gasteiger partial charge in [0.1, 0.15) is 12.4 Å². The third-order valence-electron chi connectivity index (χ3n) is 3.31. The molecule has 0 amide bonds. The van der Waals surface area contributed by atoms with Crippen LogP contribution in [0.4, 0.5) is 4.39 Å². The van der Waals surface area contributed by atoms with E-state index in [9.17, 15) is 9.18 Å². The Morgan fingerprint density at radius 2 is 1.73 bits per heavy atom. The van der Waals surface area contributed by atoms with E-state index in [1.807, 2.05) is 24.3 Å². The number of hydrogen-bond donors (Lipinski definition) is 0. The van der Waals surface area contributed by atoms with Gasteiger partial charge in [0, 0.05) is 6.08 Å². The maximum absolute atomic E-state index is 12.8. The van der Waals surface area contributed by atoms with E-state index in [0.717, 1.165) is 11.1 Å². The van der Waals surface area contributed by atoms with Crippen molar-refractivity contribution in [3.63, 3.8) is 0 Å². The van der Waals surface area contributed by atoms with Crippen molar-refractivity contribution in [2.24, 2.45) is 0 Å². The van der Waals surface area contributed by atoms with E-state index in [4.69, 9.17) is 4.74 Å². The first-order valence-electron chi connectivity index (χ1n) is 7.24. The van der Waals surface area contributed by atoms with Gasteiger partial charge >= 0.3 is 5.97 Å². The van der Waals surface area contributed by atoms with Gasteiger partial charge in [0.2, 0.25) is 0 Å². The van der Waals surface area contributed by atoms with Crippen LogP contribution in [0, 0.1) is 5.82 Å². The Balaban J connectivity index is 1.87. The van der Waals surface area contributed by atoms with E-state index in [2.05, 4.69) is 13.8 Å². The molecular weight excluding hydrogens is 279 g/mol. The molecule has 0 aromatic heterocycles. The average molecular weight is 298 g/mol. The van der Waals surface area contributed by atoms with Crippen LogP contribution in [0.25, 0.3) is 6.08 Å². The highest BCUT2D eigenvalue weighted by Crippen LogP contribution is 2.15.